The molecule has 0 fully saturated rings. The smallest absolute Gasteiger partial charge is 0.399 e. The van der Waals surface area contributed by atoms with E-state index in [1.165, 1.54) is 11.3 Å². The van der Waals surface area contributed by atoms with Gasteiger partial charge < -0.3 is 15.4 Å². The van der Waals surface area contributed by atoms with Gasteiger partial charge in [0.2, 0.25) is 0 Å². The highest BCUT2D eigenvalue weighted by molar-refractivity contribution is 7.20. The van der Waals surface area contributed by atoms with Crippen LogP contribution in [0.5, 0.6) is 5.06 Å². The Bertz CT molecular complexity index is 1380. The number of amides is 2. The number of carbonyl (C=O) groups is 2. The molecule has 0 bridgehead atoms. The van der Waals surface area contributed by atoms with Crippen molar-refractivity contribution in [3.8, 4) is 5.06 Å². The van der Waals surface area contributed by atoms with Crippen LogP contribution in [0.2, 0.25) is 0 Å². The second-order valence-electron chi connectivity index (χ2n) is 10.4. The first-order valence-corrected chi connectivity index (χ1v) is 13.5. The second-order valence-corrected chi connectivity index (χ2v) is 11.4. The first-order chi connectivity index (χ1) is 18.0. The maximum atomic E-state index is 12.9. The van der Waals surface area contributed by atoms with Crippen LogP contribution in [-0.2, 0) is 12.1 Å². The maximum absolute atomic E-state index is 12.9. The minimum Gasteiger partial charge on any atom is -0.399 e. The third-order valence-corrected chi connectivity index (χ3v) is 7.39. The van der Waals surface area contributed by atoms with Gasteiger partial charge in [-0.25, -0.2) is 4.79 Å². The Balaban J connectivity index is 1.40. The minimum atomic E-state index is -0.603. The zero-order valence-electron chi connectivity index (χ0n) is 22.7. The van der Waals surface area contributed by atoms with Crippen LogP contribution in [0, 0.1) is 0 Å². The summed E-state index contributed by atoms with van der Waals surface area (Å²) in [6.45, 7) is 13.4. The minimum absolute atomic E-state index is 0.259. The first-order valence-electron chi connectivity index (χ1n) is 12.7. The van der Waals surface area contributed by atoms with Crippen LogP contribution < -0.4 is 15.4 Å². The highest BCUT2D eigenvalue weighted by atomic mass is 32.1. The van der Waals surface area contributed by atoms with Gasteiger partial charge in [0.05, 0.1) is 10.9 Å². The van der Waals surface area contributed by atoms with Crippen molar-refractivity contribution in [2.75, 3.05) is 5.32 Å². The van der Waals surface area contributed by atoms with E-state index in [1.54, 1.807) is 6.07 Å². The predicted molar refractivity (Wildman–Crippen MR) is 153 cm³/mol. The Kier molecular flexibility index (Phi) is 8.18. The summed E-state index contributed by atoms with van der Waals surface area (Å²) in [5.74, 6) is 0.126. The summed E-state index contributed by atoms with van der Waals surface area (Å²) in [7, 11) is 0. The van der Waals surface area contributed by atoms with E-state index in [0.29, 0.717) is 38.7 Å². The number of thiophene rings is 1. The number of hydrogen-bond acceptors (Lipinski definition) is 6. The molecule has 0 unspecified atom stereocenters. The van der Waals surface area contributed by atoms with Gasteiger partial charge in [-0.3, -0.25) is 14.8 Å². The van der Waals surface area contributed by atoms with Gasteiger partial charge in [0, 0.05) is 30.3 Å². The molecule has 2 aromatic carbocycles. The van der Waals surface area contributed by atoms with Crippen molar-refractivity contribution >= 4 is 39.4 Å². The Morgan fingerprint density at radius 2 is 1.68 bits per heavy atom. The van der Waals surface area contributed by atoms with Crippen molar-refractivity contribution in [3.63, 3.8) is 0 Å². The summed E-state index contributed by atoms with van der Waals surface area (Å²) in [4.78, 5) is 28.6. The molecule has 0 spiro atoms. The lowest BCUT2D eigenvalue weighted by molar-refractivity contribution is 0.102. The molecule has 0 aliphatic heterocycles. The fraction of sp³-hybridized carbons (Fsp3) is 0.345. The number of H-pyrrole nitrogens is 1. The van der Waals surface area contributed by atoms with Crippen LogP contribution in [0.15, 0.2) is 60.7 Å². The van der Waals surface area contributed by atoms with Crippen molar-refractivity contribution in [3.05, 3.63) is 77.4 Å². The van der Waals surface area contributed by atoms with E-state index in [0.717, 1.165) is 17.7 Å². The molecule has 4 aromatic rings. The number of fused-ring (bicyclic) bond motifs is 1. The quantitative estimate of drug-likeness (QED) is 0.227. The van der Waals surface area contributed by atoms with Gasteiger partial charge in [0.1, 0.15) is 4.83 Å². The number of nitrogens with zero attached hydrogens (tertiary/aromatic N) is 2. The molecule has 2 heterocycles. The van der Waals surface area contributed by atoms with E-state index in [4.69, 9.17) is 4.74 Å². The Morgan fingerprint density at radius 3 is 2.32 bits per heavy atom. The van der Waals surface area contributed by atoms with E-state index in [-0.39, 0.29) is 5.91 Å². The second kappa shape index (κ2) is 11.4. The van der Waals surface area contributed by atoms with Crippen molar-refractivity contribution in [2.24, 2.45) is 0 Å². The molecule has 9 heteroatoms. The zero-order valence-corrected chi connectivity index (χ0v) is 23.5. The lowest BCUT2D eigenvalue weighted by atomic mass is 9.95. The van der Waals surface area contributed by atoms with Crippen molar-refractivity contribution in [2.45, 2.75) is 65.7 Å². The number of aromatic nitrogens is 2. The zero-order chi connectivity index (χ0) is 27.4. The standard InChI is InChI=1S/C29H35N5O3S/c1-18(2)34(19(3)4)17-20-12-14-21(15-13-20)26(35)30-25-23-16-24(38-27(23)33-32-25)37-28(36)31-29(5,6)22-10-8-7-9-11-22/h7-16,18-19H,17H2,1-6H3,(H,31,36)(H2,30,32,33,35). The van der Waals surface area contributed by atoms with Gasteiger partial charge in [-0.2, -0.15) is 5.10 Å². The van der Waals surface area contributed by atoms with Gasteiger partial charge >= 0.3 is 6.09 Å². The number of anilines is 1. The molecular weight excluding hydrogens is 498 g/mol. The fourth-order valence-corrected chi connectivity index (χ4v) is 5.20. The van der Waals surface area contributed by atoms with Crippen LogP contribution in [0.4, 0.5) is 10.6 Å². The monoisotopic (exact) mass is 533 g/mol. The molecule has 200 valence electrons. The molecule has 0 aliphatic carbocycles. The summed E-state index contributed by atoms with van der Waals surface area (Å²) in [5.41, 5.74) is 2.06. The molecule has 8 nitrogen and oxygen atoms in total. The average molecular weight is 534 g/mol. The lowest BCUT2D eigenvalue weighted by Gasteiger charge is -2.30. The summed E-state index contributed by atoms with van der Waals surface area (Å²) >= 11 is 1.25. The highest BCUT2D eigenvalue weighted by Crippen LogP contribution is 2.35. The lowest BCUT2D eigenvalue weighted by Crippen LogP contribution is -2.42. The van der Waals surface area contributed by atoms with Crippen LogP contribution >= 0.6 is 11.3 Å². The topological polar surface area (TPSA) is 99.3 Å². The molecule has 0 saturated carbocycles. The van der Waals surface area contributed by atoms with E-state index in [9.17, 15) is 9.59 Å². The van der Waals surface area contributed by atoms with E-state index >= 15 is 0 Å². The van der Waals surface area contributed by atoms with Crippen molar-refractivity contribution < 1.29 is 14.3 Å². The molecule has 0 atom stereocenters. The van der Waals surface area contributed by atoms with E-state index in [1.807, 2.05) is 68.4 Å². The van der Waals surface area contributed by atoms with Crippen LogP contribution in [0.25, 0.3) is 10.2 Å². The molecule has 2 aromatic heterocycles. The molecule has 3 N–H and O–H groups in total. The Hall–Kier alpha value is -3.69. The summed E-state index contributed by atoms with van der Waals surface area (Å²) in [6, 6.07) is 19.9. The summed E-state index contributed by atoms with van der Waals surface area (Å²) in [5, 5.41) is 14.0. The molecule has 0 radical (unpaired) electrons. The van der Waals surface area contributed by atoms with Crippen molar-refractivity contribution in [1.29, 1.82) is 0 Å². The predicted octanol–water partition coefficient (Wildman–Crippen LogP) is 6.52. The highest BCUT2D eigenvalue weighted by Gasteiger charge is 2.24. The van der Waals surface area contributed by atoms with Crippen LogP contribution in [-0.4, -0.2) is 39.2 Å². The average Bonchev–Trinajstić information content (AvgIpc) is 3.43. The SMILES string of the molecule is CC(C)N(Cc1ccc(C(=O)Nc2n[nH]c3sc(OC(=O)NC(C)(C)c4ccccc4)cc23)cc1)C(C)C. The van der Waals surface area contributed by atoms with Gasteiger partial charge in [0.25, 0.3) is 5.91 Å². The molecular formula is C29H35N5O3S. The molecule has 0 aliphatic rings. The number of nitrogens with one attached hydrogen (secondary N) is 3. The molecule has 0 saturated heterocycles. The number of ether oxygens (including phenoxy) is 1. The molecule has 2 amide bonds. The molecule has 4 rings (SSSR count). The van der Waals surface area contributed by atoms with Gasteiger partial charge in [-0.1, -0.05) is 53.8 Å². The Morgan fingerprint density at radius 1 is 1.03 bits per heavy atom. The largest absolute Gasteiger partial charge is 0.414 e. The van der Waals surface area contributed by atoms with Gasteiger partial charge in [-0.15, -0.1) is 0 Å². The molecule has 38 heavy (non-hydrogen) atoms. The van der Waals surface area contributed by atoms with Crippen LogP contribution in [0.3, 0.4) is 0 Å². The maximum Gasteiger partial charge on any atom is 0.414 e. The summed E-state index contributed by atoms with van der Waals surface area (Å²) < 4.78 is 5.54. The fourth-order valence-electron chi connectivity index (χ4n) is 4.35. The van der Waals surface area contributed by atoms with E-state index < -0.39 is 11.6 Å². The Labute approximate surface area is 227 Å². The van der Waals surface area contributed by atoms with Gasteiger partial charge in [0.15, 0.2) is 10.9 Å². The van der Waals surface area contributed by atoms with Crippen molar-refractivity contribution in [1.82, 2.24) is 20.4 Å². The normalized spacial score (nSPS) is 11.9. The summed E-state index contributed by atoms with van der Waals surface area (Å²) in [6.07, 6.45) is -0.560. The van der Waals surface area contributed by atoms with Gasteiger partial charge in [-0.05, 0) is 64.8 Å². The van der Waals surface area contributed by atoms with Crippen LogP contribution in [0.1, 0.15) is 63.0 Å². The third-order valence-electron chi connectivity index (χ3n) is 6.48. The third kappa shape index (κ3) is 6.41. The number of aromatic amines is 1. The van der Waals surface area contributed by atoms with E-state index in [2.05, 4.69) is 53.4 Å². The number of hydrogen-bond donors (Lipinski definition) is 3. The number of carbonyl (C=O) groups excluding carboxylic acids is 2. The first kappa shape index (κ1) is 27.3. The number of benzene rings is 2. The number of rotatable bonds is 9.